The third-order valence-electron chi connectivity index (χ3n) is 3.39. The number of carbonyl (C=O) groups excluding carboxylic acids is 1. The molecule has 0 aromatic carbocycles. The van der Waals surface area contributed by atoms with Gasteiger partial charge in [0, 0.05) is 6.04 Å². The normalized spacial score (nSPS) is 19.9. The molecule has 88 valence electrons. The van der Waals surface area contributed by atoms with Gasteiger partial charge in [-0.05, 0) is 25.2 Å². The molecule has 3 heteroatoms. The quantitative estimate of drug-likeness (QED) is 0.711. The zero-order valence-electron chi connectivity index (χ0n) is 9.92. The maximum atomic E-state index is 11.0. The van der Waals surface area contributed by atoms with Crippen LogP contribution in [0, 0.1) is 5.92 Å². The van der Waals surface area contributed by atoms with Crippen molar-refractivity contribution in [1.82, 2.24) is 5.32 Å². The van der Waals surface area contributed by atoms with Crippen LogP contribution >= 0.6 is 0 Å². The van der Waals surface area contributed by atoms with Crippen molar-refractivity contribution >= 4 is 5.97 Å². The first kappa shape index (κ1) is 12.5. The van der Waals surface area contributed by atoms with Crippen LogP contribution in [0.15, 0.2) is 0 Å². The van der Waals surface area contributed by atoms with Crippen LogP contribution in [0.1, 0.15) is 45.4 Å². The molecule has 0 amide bonds. The number of methoxy groups -OCH3 is 1. The van der Waals surface area contributed by atoms with E-state index in [-0.39, 0.29) is 5.97 Å². The Morgan fingerprint density at radius 1 is 1.40 bits per heavy atom. The van der Waals surface area contributed by atoms with Gasteiger partial charge in [-0.15, -0.1) is 0 Å². The maximum Gasteiger partial charge on any atom is 0.319 e. The molecule has 1 atom stereocenters. The molecule has 0 aromatic rings. The second-order valence-corrected chi connectivity index (χ2v) is 4.37. The van der Waals surface area contributed by atoms with Gasteiger partial charge in [-0.1, -0.05) is 26.2 Å². The molecule has 0 aliphatic heterocycles. The lowest BCUT2D eigenvalue weighted by Gasteiger charge is -2.30. The molecule has 0 aromatic heterocycles. The summed E-state index contributed by atoms with van der Waals surface area (Å²) in [6.45, 7) is 2.54. The molecule has 0 bridgehead atoms. The number of esters is 1. The van der Waals surface area contributed by atoms with Gasteiger partial charge in [-0.2, -0.15) is 0 Å². The Kier molecular flexibility index (Phi) is 5.69. The van der Waals surface area contributed by atoms with Gasteiger partial charge in [0.25, 0.3) is 0 Å². The van der Waals surface area contributed by atoms with Crippen molar-refractivity contribution in [3.05, 3.63) is 0 Å². The van der Waals surface area contributed by atoms with Crippen molar-refractivity contribution in [2.75, 3.05) is 13.7 Å². The molecule has 0 radical (unpaired) electrons. The summed E-state index contributed by atoms with van der Waals surface area (Å²) in [6.07, 6.45) is 7.80. The molecule has 1 N–H and O–H groups in total. The molecule has 0 spiro atoms. The minimum absolute atomic E-state index is 0.163. The molecule has 1 unspecified atom stereocenters. The minimum atomic E-state index is -0.163. The number of ether oxygens (including phenoxy) is 1. The van der Waals surface area contributed by atoms with Crippen molar-refractivity contribution in [3.8, 4) is 0 Å². The molecule has 1 aliphatic carbocycles. The van der Waals surface area contributed by atoms with Gasteiger partial charge >= 0.3 is 5.97 Å². The summed E-state index contributed by atoms with van der Waals surface area (Å²) in [5, 5.41) is 3.32. The van der Waals surface area contributed by atoms with Crippen LogP contribution in [0.25, 0.3) is 0 Å². The van der Waals surface area contributed by atoms with Crippen molar-refractivity contribution in [3.63, 3.8) is 0 Å². The monoisotopic (exact) mass is 213 g/mol. The Morgan fingerprint density at radius 2 is 2.07 bits per heavy atom. The summed E-state index contributed by atoms with van der Waals surface area (Å²) in [4.78, 5) is 11.0. The number of hydrogen-bond donors (Lipinski definition) is 1. The first-order valence-corrected chi connectivity index (χ1v) is 6.08. The van der Waals surface area contributed by atoms with E-state index >= 15 is 0 Å². The predicted octanol–water partition coefficient (Wildman–Crippen LogP) is 2.11. The van der Waals surface area contributed by atoms with Gasteiger partial charge in [0.2, 0.25) is 0 Å². The van der Waals surface area contributed by atoms with Crippen LogP contribution in [0.4, 0.5) is 0 Å². The number of rotatable bonds is 5. The third kappa shape index (κ3) is 4.20. The molecule has 1 saturated carbocycles. The highest BCUT2D eigenvalue weighted by Crippen LogP contribution is 2.27. The number of nitrogens with one attached hydrogen (secondary N) is 1. The third-order valence-corrected chi connectivity index (χ3v) is 3.39. The van der Waals surface area contributed by atoms with Crippen LogP contribution in [0.3, 0.4) is 0 Å². The van der Waals surface area contributed by atoms with E-state index in [2.05, 4.69) is 17.0 Å². The van der Waals surface area contributed by atoms with E-state index in [4.69, 9.17) is 0 Å². The van der Waals surface area contributed by atoms with Crippen molar-refractivity contribution in [1.29, 1.82) is 0 Å². The summed E-state index contributed by atoms with van der Waals surface area (Å²) in [5.74, 6) is 0.595. The molecule has 1 aliphatic rings. The summed E-state index contributed by atoms with van der Waals surface area (Å²) in [7, 11) is 1.44. The molecular formula is C12H23NO2. The average molecular weight is 213 g/mol. The van der Waals surface area contributed by atoms with Crippen LogP contribution in [0.2, 0.25) is 0 Å². The Hall–Kier alpha value is -0.570. The van der Waals surface area contributed by atoms with E-state index in [1.165, 1.54) is 39.2 Å². The van der Waals surface area contributed by atoms with Gasteiger partial charge in [0.15, 0.2) is 0 Å². The first-order chi connectivity index (χ1) is 7.27. The summed E-state index contributed by atoms with van der Waals surface area (Å²) < 4.78 is 4.63. The lowest BCUT2D eigenvalue weighted by molar-refractivity contribution is -0.139. The second-order valence-electron chi connectivity index (χ2n) is 4.37. The van der Waals surface area contributed by atoms with Gasteiger partial charge in [0.05, 0.1) is 13.7 Å². The lowest BCUT2D eigenvalue weighted by atomic mass is 9.83. The van der Waals surface area contributed by atoms with E-state index in [9.17, 15) is 4.79 Å². The Balaban J connectivity index is 2.30. The second kappa shape index (κ2) is 6.83. The molecular weight excluding hydrogens is 190 g/mol. The van der Waals surface area contributed by atoms with E-state index in [0.29, 0.717) is 12.6 Å². The Morgan fingerprint density at radius 3 is 2.60 bits per heavy atom. The predicted molar refractivity (Wildman–Crippen MR) is 60.7 cm³/mol. The maximum absolute atomic E-state index is 11.0. The highest BCUT2D eigenvalue weighted by molar-refractivity contribution is 5.71. The molecule has 1 rings (SSSR count). The van der Waals surface area contributed by atoms with Crippen LogP contribution in [0.5, 0.6) is 0 Å². The fraction of sp³-hybridized carbons (Fsp3) is 0.917. The highest BCUT2D eigenvalue weighted by Gasteiger charge is 2.22. The smallest absolute Gasteiger partial charge is 0.319 e. The zero-order chi connectivity index (χ0) is 11.1. The topological polar surface area (TPSA) is 38.3 Å². The molecule has 3 nitrogen and oxygen atoms in total. The largest absolute Gasteiger partial charge is 0.468 e. The van der Waals surface area contributed by atoms with E-state index in [1.807, 2.05) is 0 Å². The van der Waals surface area contributed by atoms with Gasteiger partial charge in [-0.25, -0.2) is 0 Å². The molecule has 15 heavy (non-hydrogen) atoms. The van der Waals surface area contributed by atoms with Crippen LogP contribution in [-0.4, -0.2) is 25.7 Å². The summed E-state index contributed by atoms with van der Waals surface area (Å²) in [5.41, 5.74) is 0. The van der Waals surface area contributed by atoms with Crippen molar-refractivity contribution in [2.45, 2.75) is 51.5 Å². The Labute approximate surface area is 92.6 Å². The number of hydrogen-bond acceptors (Lipinski definition) is 3. The number of carbonyl (C=O) groups is 1. The van der Waals surface area contributed by atoms with Gasteiger partial charge in [0.1, 0.15) is 0 Å². The fourth-order valence-corrected chi connectivity index (χ4v) is 2.47. The van der Waals surface area contributed by atoms with E-state index < -0.39 is 0 Å². The lowest BCUT2D eigenvalue weighted by Crippen LogP contribution is -2.39. The van der Waals surface area contributed by atoms with Crippen molar-refractivity contribution < 1.29 is 9.53 Å². The van der Waals surface area contributed by atoms with Crippen LogP contribution < -0.4 is 5.32 Å². The first-order valence-electron chi connectivity index (χ1n) is 6.08. The van der Waals surface area contributed by atoms with Gasteiger partial charge in [-0.3, -0.25) is 4.79 Å². The summed E-state index contributed by atoms with van der Waals surface area (Å²) >= 11 is 0. The SMILES string of the molecule is CCC(NCC(=O)OC)C1CCCCC1. The van der Waals surface area contributed by atoms with Gasteiger partial charge < -0.3 is 10.1 Å². The standard InChI is InChI=1S/C12H23NO2/c1-3-11(13-9-12(14)15-2)10-7-5-4-6-8-10/h10-11,13H,3-9H2,1-2H3. The minimum Gasteiger partial charge on any atom is -0.468 e. The highest BCUT2D eigenvalue weighted by atomic mass is 16.5. The van der Waals surface area contributed by atoms with Crippen LogP contribution in [-0.2, 0) is 9.53 Å². The fourth-order valence-electron chi connectivity index (χ4n) is 2.47. The van der Waals surface area contributed by atoms with Crippen molar-refractivity contribution in [2.24, 2.45) is 5.92 Å². The Bertz CT molecular complexity index is 188. The molecule has 0 heterocycles. The van der Waals surface area contributed by atoms with E-state index in [1.54, 1.807) is 0 Å². The molecule has 1 fully saturated rings. The van der Waals surface area contributed by atoms with E-state index in [0.717, 1.165) is 12.3 Å². The summed E-state index contributed by atoms with van der Waals surface area (Å²) in [6, 6.07) is 0.490. The molecule has 0 saturated heterocycles. The zero-order valence-corrected chi connectivity index (χ0v) is 9.92. The average Bonchev–Trinajstić information content (AvgIpc) is 2.31.